The molecule has 24 heavy (non-hydrogen) atoms. The average Bonchev–Trinajstić information content (AvgIpc) is 2.62. The maximum atomic E-state index is 4.89. The lowest BCUT2D eigenvalue weighted by atomic mass is 10.1. The quantitative estimate of drug-likeness (QED) is 0.356. The van der Waals surface area contributed by atoms with Crippen molar-refractivity contribution < 1.29 is 0 Å². The summed E-state index contributed by atoms with van der Waals surface area (Å²) in [6, 6.07) is 24.3. The summed E-state index contributed by atoms with van der Waals surface area (Å²) in [6.45, 7) is 0. The van der Waals surface area contributed by atoms with Gasteiger partial charge in [-0.2, -0.15) is 0 Å². The zero-order chi connectivity index (χ0) is 16.5. The van der Waals surface area contributed by atoms with Gasteiger partial charge >= 0.3 is 0 Å². The molecule has 0 saturated carbocycles. The van der Waals surface area contributed by atoms with E-state index in [0.717, 1.165) is 36.7 Å². The van der Waals surface area contributed by atoms with E-state index in [9.17, 15) is 0 Å². The Kier molecular flexibility index (Phi) is 4.17. The van der Waals surface area contributed by atoms with Crippen LogP contribution in [0.2, 0.25) is 0 Å². The molecule has 1 heterocycles. The van der Waals surface area contributed by atoms with E-state index in [4.69, 9.17) is 9.97 Å². The lowest BCUT2D eigenvalue weighted by Gasteiger charge is -2.11. The molecule has 3 aromatic carbocycles. The number of rotatable bonds is 2. The Bertz CT molecular complexity index is 1040. The number of halogens is 2. The minimum Gasteiger partial charge on any atom is -0.228 e. The Labute approximate surface area is 156 Å². The van der Waals surface area contributed by atoms with Gasteiger partial charge in [0.2, 0.25) is 0 Å². The first-order chi connectivity index (χ1) is 11.7. The van der Waals surface area contributed by atoms with E-state index < -0.39 is 0 Å². The van der Waals surface area contributed by atoms with Crippen molar-refractivity contribution in [3.05, 3.63) is 81.7 Å². The molecule has 0 bridgehead atoms. The van der Waals surface area contributed by atoms with Gasteiger partial charge in [-0.1, -0.05) is 86.5 Å². The van der Waals surface area contributed by atoms with Crippen molar-refractivity contribution >= 4 is 42.8 Å². The second kappa shape index (κ2) is 6.46. The molecule has 0 spiro atoms. The molecule has 2 nitrogen and oxygen atoms in total. The highest BCUT2D eigenvalue weighted by molar-refractivity contribution is 9.11. The van der Waals surface area contributed by atoms with E-state index in [0.29, 0.717) is 5.82 Å². The standard InChI is InChI=1S/C20H12Br2N2/c21-16-10-4-1-7-13(16)19-15-9-3-6-12-18(15)23-20(24-19)14-8-2-5-11-17(14)22/h1-12H. The molecular weight excluding hydrogens is 428 g/mol. The second-order valence-corrected chi connectivity index (χ2v) is 7.08. The van der Waals surface area contributed by atoms with Crippen LogP contribution < -0.4 is 0 Å². The molecule has 0 radical (unpaired) electrons. The summed E-state index contributed by atoms with van der Waals surface area (Å²) in [7, 11) is 0. The summed E-state index contributed by atoms with van der Waals surface area (Å²) < 4.78 is 2.00. The van der Waals surface area contributed by atoms with Gasteiger partial charge in [0.25, 0.3) is 0 Å². The first kappa shape index (κ1) is 15.5. The smallest absolute Gasteiger partial charge is 0.161 e. The predicted octanol–water partition coefficient (Wildman–Crippen LogP) is 6.49. The summed E-state index contributed by atoms with van der Waals surface area (Å²) in [6.07, 6.45) is 0. The first-order valence-corrected chi connectivity index (χ1v) is 9.09. The van der Waals surface area contributed by atoms with Gasteiger partial charge in [0, 0.05) is 25.5 Å². The monoisotopic (exact) mass is 438 g/mol. The van der Waals surface area contributed by atoms with Crippen LogP contribution in [0, 0.1) is 0 Å². The summed E-state index contributed by atoms with van der Waals surface area (Å²) in [5, 5.41) is 1.04. The number of fused-ring (bicyclic) bond motifs is 1. The Morgan fingerprint density at radius 3 is 1.88 bits per heavy atom. The Morgan fingerprint density at radius 1 is 0.583 bits per heavy atom. The number of nitrogens with zero attached hydrogens (tertiary/aromatic N) is 2. The highest BCUT2D eigenvalue weighted by atomic mass is 79.9. The van der Waals surface area contributed by atoms with Crippen molar-refractivity contribution in [2.45, 2.75) is 0 Å². The fourth-order valence-electron chi connectivity index (χ4n) is 2.70. The van der Waals surface area contributed by atoms with Gasteiger partial charge in [0.1, 0.15) is 0 Å². The normalized spacial score (nSPS) is 10.9. The van der Waals surface area contributed by atoms with Crippen LogP contribution in [0.15, 0.2) is 81.7 Å². The average molecular weight is 440 g/mol. The topological polar surface area (TPSA) is 25.8 Å². The highest BCUT2D eigenvalue weighted by Gasteiger charge is 2.14. The first-order valence-electron chi connectivity index (χ1n) is 7.50. The Morgan fingerprint density at radius 2 is 1.17 bits per heavy atom. The number of para-hydroxylation sites is 1. The number of benzene rings is 3. The summed E-state index contributed by atoms with van der Waals surface area (Å²) >= 11 is 7.25. The van der Waals surface area contributed by atoms with E-state index >= 15 is 0 Å². The maximum Gasteiger partial charge on any atom is 0.161 e. The van der Waals surface area contributed by atoms with Gasteiger partial charge < -0.3 is 0 Å². The number of hydrogen-bond acceptors (Lipinski definition) is 2. The van der Waals surface area contributed by atoms with Gasteiger partial charge in [-0.25, -0.2) is 9.97 Å². The number of aromatic nitrogens is 2. The van der Waals surface area contributed by atoms with Gasteiger partial charge in [0.05, 0.1) is 11.2 Å². The molecule has 1 aromatic heterocycles. The van der Waals surface area contributed by atoms with Crippen molar-refractivity contribution in [1.29, 1.82) is 0 Å². The highest BCUT2D eigenvalue weighted by Crippen LogP contribution is 2.34. The molecule has 4 heteroatoms. The molecule has 4 rings (SSSR count). The van der Waals surface area contributed by atoms with Crippen molar-refractivity contribution in [1.82, 2.24) is 9.97 Å². The minimum atomic E-state index is 0.715. The third kappa shape index (κ3) is 2.76. The van der Waals surface area contributed by atoms with E-state index in [-0.39, 0.29) is 0 Å². The lowest BCUT2D eigenvalue weighted by molar-refractivity contribution is 1.22. The molecule has 0 amide bonds. The molecule has 4 aromatic rings. The third-order valence-corrected chi connectivity index (χ3v) is 5.23. The summed E-state index contributed by atoms with van der Waals surface area (Å²) in [4.78, 5) is 9.66. The van der Waals surface area contributed by atoms with Crippen LogP contribution in [0.4, 0.5) is 0 Å². The zero-order valence-corrected chi connectivity index (χ0v) is 15.8. The van der Waals surface area contributed by atoms with Crippen molar-refractivity contribution in [3.8, 4) is 22.6 Å². The van der Waals surface area contributed by atoms with Crippen LogP contribution in [-0.4, -0.2) is 9.97 Å². The van der Waals surface area contributed by atoms with Crippen LogP contribution in [0.25, 0.3) is 33.5 Å². The molecule has 0 aliphatic carbocycles. The van der Waals surface area contributed by atoms with Crippen LogP contribution in [0.1, 0.15) is 0 Å². The fourth-order valence-corrected chi connectivity index (χ4v) is 3.63. The molecule has 0 aliphatic heterocycles. The minimum absolute atomic E-state index is 0.715. The maximum absolute atomic E-state index is 4.89. The summed E-state index contributed by atoms with van der Waals surface area (Å²) in [5.41, 5.74) is 3.91. The van der Waals surface area contributed by atoms with Gasteiger partial charge in [-0.3, -0.25) is 0 Å². The molecule has 0 aliphatic rings. The van der Waals surface area contributed by atoms with Crippen molar-refractivity contribution in [3.63, 3.8) is 0 Å². The lowest BCUT2D eigenvalue weighted by Crippen LogP contribution is -1.96. The van der Waals surface area contributed by atoms with Gasteiger partial charge in [-0.15, -0.1) is 0 Å². The summed E-state index contributed by atoms with van der Waals surface area (Å²) in [5.74, 6) is 0.715. The third-order valence-electron chi connectivity index (χ3n) is 3.85. The van der Waals surface area contributed by atoms with E-state index in [2.05, 4.69) is 44.0 Å². The molecule has 0 saturated heterocycles. The van der Waals surface area contributed by atoms with Crippen LogP contribution >= 0.6 is 31.9 Å². The van der Waals surface area contributed by atoms with E-state index in [1.165, 1.54) is 0 Å². The second-order valence-electron chi connectivity index (χ2n) is 5.37. The zero-order valence-electron chi connectivity index (χ0n) is 12.6. The van der Waals surface area contributed by atoms with Gasteiger partial charge in [-0.05, 0) is 18.2 Å². The molecular formula is C20H12Br2N2. The van der Waals surface area contributed by atoms with Crippen LogP contribution in [-0.2, 0) is 0 Å². The van der Waals surface area contributed by atoms with Crippen molar-refractivity contribution in [2.24, 2.45) is 0 Å². The molecule has 0 N–H and O–H groups in total. The molecule has 116 valence electrons. The predicted molar refractivity (Wildman–Crippen MR) is 106 cm³/mol. The molecule has 0 fully saturated rings. The largest absolute Gasteiger partial charge is 0.228 e. The Hall–Kier alpha value is -2.04. The van der Waals surface area contributed by atoms with Crippen LogP contribution in [0.5, 0.6) is 0 Å². The van der Waals surface area contributed by atoms with Gasteiger partial charge in [0.15, 0.2) is 5.82 Å². The number of hydrogen-bond donors (Lipinski definition) is 0. The fraction of sp³-hybridized carbons (Fsp3) is 0. The van der Waals surface area contributed by atoms with Crippen molar-refractivity contribution in [2.75, 3.05) is 0 Å². The molecule has 0 unspecified atom stereocenters. The van der Waals surface area contributed by atoms with Crippen LogP contribution in [0.3, 0.4) is 0 Å². The Balaban J connectivity index is 2.06. The van der Waals surface area contributed by atoms with E-state index in [1.807, 2.05) is 60.7 Å². The van der Waals surface area contributed by atoms with E-state index in [1.54, 1.807) is 0 Å². The SMILES string of the molecule is Brc1ccccc1-c1nc(-c2ccccc2Br)c2ccccc2n1. The molecule has 0 atom stereocenters.